The molecule has 3 nitrogen and oxygen atoms in total. The summed E-state index contributed by atoms with van der Waals surface area (Å²) in [6, 6.07) is 0. The average molecular weight is 240 g/mol. The summed E-state index contributed by atoms with van der Waals surface area (Å²) < 4.78 is 0. The number of aryl methyl sites for hydroxylation is 1. The van der Waals surface area contributed by atoms with Gasteiger partial charge in [0.15, 0.2) is 0 Å². The minimum Gasteiger partial charge on any atom is -0.389 e. The predicted molar refractivity (Wildman–Crippen MR) is 66.6 cm³/mol. The minimum atomic E-state index is -0.437. The number of likely N-dealkylation sites (N-methyl/N-ethyl adjacent to an activating group) is 1. The smallest absolute Gasteiger partial charge is 0.0798 e. The lowest BCUT2D eigenvalue weighted by molar-refractivity contribution is 0.0147. The van der Waals surface area contributed by atoms with E-state index in [0.29, 0.717) is 0 Å². The fraction of sp³-hybridized carbons (Fsp3) is 0.750. The van der Waals surface area contributed by atoms with Gasteiger partial charge in [-0.15, -0.1) is 11.3 Å². The molecule has 2 rings (SSSR count). The Morgan fingerprint density at radius 1 is 1.50 bits per heavy atom. The molecular formula is C12H20N2OS. The van der Waals surface area contributed by atoms with Crippen LogP contribution in [0.25, 0.3) is 0 Å². The molecule has 0 aromatic carbocycles. The van der Waals surface area contributed by atoms with Crippen molar-refractivity contribution in [3.63, 3.8) is 0 Å². The number of rotatable bonds is 4. The highest BCUT2D eigenvalue weighted by molar-refractivity contribution is 7.09. The van der Waals surface area contributed by atoms with E-state index in [1.165, 1.54) is 17.7 Å². The second-order valence-electron chi connectivity index (χ2n) is 4.96. The van der Waals surface area contributed by atoms with Gasteiger partial charge in [0, 0.05) is 18.0 Å². The second-order valence-corrected chi connectivity index (χ2v) is 5.90. The summed E-state index contributed by atoms with van der Waals surface area (Å²) in [4.78, 5) is 7.77. The van der Waals surface area contributed by atoms with Crippen LogP contribution in [0.4, 0.5) is 0 Å². The zero-order valence-electron chi connectivity index (χ0n) is 10.1. The van der Waals surface area contributed by atoms with Gasteiger partial charge in [0.25, 0.3) is 0 Å². The number of hydrogen-bond acceptors (Lipinski definition) is 4. The molecule has 0 amide bonds. The Balaban J connectivity index is 1.89. The maximum absolute atomic E-state index is 10.3. The second kappa shape index (κ2) is 4.82. The standard InChI is InChI=1S/C12H20N2OS/c1-10-11(16-9-13-10)7-14(2)8-12(15)5-3-4-6-12/h9,15H,3-8H2,1-2H3. The molecule has 0 saturated heterocycles. The molecule has 0 aliphatic heterocycles. The molecule has 1 fully saturated rings. The largest absolute Gasteiger partial charge is 0.389 e. The molecule has 4 heteroatoms. The van der Waals surface area contributed by atoms with Gasteiger partial charge in [-0.1, -0.05) is 12.8 Å². The van der Waals surface area contributed by atoms with Crippen LogP contribution in [0.3, 0.4) is 0 Å². The van der Waals surface area contributed by atoms with E-state index in [1.54, 1.807) is 11.3 Å². The van der Waals surface area contributed by atoms with Gasteiger partial charge in [-0.2, -0.15) is 0 Å². The SMILES string of the molecule is Cc1ncsc1CN(C)CC1(O)CCCC1. The molecule has 16 heavy (non-hydrogen) atoms. The van der Waals surface area contributed by atoms with Crippen LogP contribution in [0.5, 0.6) is 0 Å². The summed E-state index contributed by atoms with van der Waals surface area (Å²) >= 11 is 1.70. The topological polar surface area (TPSA) is 36.4 Å². The lowest BCUT2D eigenvalue weighted by Gasteiger charge is -2.28. The first-order valence-corrected chi connectivity index (χ1v) is 6.77. The van der Waals surface area contributed by atoms with Gasteiger partial charge in [0.05, 0.1) is 16.8 Å². The van der Waals surface area contributed by atoms with E-state index in [2.05, 4.69) is 16.9 Å². The summed E-state index contributed by atoms with van der Waals surface area (Å²) in [5, 5.41) is 10.3. The summed E-state index contributed by atoms with van der Waals surface area (Å²) in [5.41, 5.74) is 2.58. The number of aliphatic hydroxyl groups is 1. The van der Waals surface area contributed by atoms with Crippen LogP contribution < -0.4 is 0 Å². The van der Waals surface area contributed by atoms with E-state index < -0.39 is 5.60 Å². The Morgan fingerprint density at radius 2 is 2.19 bits per heavy atom. The number of hydrogen-bond donors (Lipinski definition) is 1. The van der Waals surface area contributed by atoms with Crippen molar-refractivity contribution in [3.05, 3.63) is 16.1 Å². The third-order valence-electron chi connectivity index (χ3n) is 3.36. The number of aromatic nitrogens is 1. The first kappa shape index (κ1) is 12.0. The Morgan fingerprint density at radius 3 is 2.75 bits per heavy atom. The molecule has 90 valence electrons. The first-order valence-electron chi connectivity index (χ1n) is 5.89. The summed E-state index contributed by atoms with van der Waals surface area (Å²) in [7, 11) is 2.08. The van der Waals surface area contributed by atoms with Crippen LogP contribution in [0, 0.1) is 6.92 Å². The molecule has 0 spiro atoms. The lowest BCUT2D eigenvalue weighted by atomic mass is 10.0. The molecule has 0 unspecified atom stereocenters. The number of nitrogens with zero attached hydrogens (tertiary/aromatic N) is 2. The van der Waals surface area contributed by atoms with E-state index >= 15 is 0 Å². The van der Waals surface area contributed by atoms with Gasteiger partial charge >= 0.3 is 0 Å². The van der Waals surface area contributed by atoms with Crippen LogP contribution >= 0.6 is 11.3 Å². The van der Waals surface area contributed by atoms with Crippen molar-refractivity contribution in [1.29, 1.82) is 0 Å². The Labute approximate surface area is 101 Å². The van der Waals surface area contributed by atoms with Gasteiger partial charge in [-0.3, -0.25) is 4.90 Å². The third-order valence-corrected chi connectivity index (χ3v) is 4.28. The maximum atomic E-state index is 10.3. The van der Waals surface area contributed by atoms with Crippen LogP contribution in [0.1, 0.15) is 36.3 Å². The molecule has 1 aliphatic carbocycles. The normalized spacial score (nSPS) is 19.5. The maximum Gasteiger partial charge on any atom is 0.0798 e. The molecule has 1 heterocycles. The summed E-state index contributed by atoms with van der Waals surface area (Å²) in [6.07, 6.45) is 4.26. The minimum absolute atomic E-state index is 0.437. The lowest BCUT2D eigenvalue weighted by Crippen LogP contribution is -2.38. The molecule has 1 aromatic heterocycles. The van der Waals surface area contributed by atoms with Gasteiger partial charge in [0.1, 0.15) is 0 Å². The predicted octanol–water partition coefficient (Wildman–Crippen LogP) is 2.19. The molecule has 1 saturated carbocycles. The monoisotopic (exact) mass is 240 g/mol. The third kappa shape index (κ3) is 2.81. The molecule has 1 aromatic rings. The van der Waals surface area contributed by atoms with Gasteiger partial charge < -0.3 is 5.11 Å². The first-order chi connectivity index (χ1) is 7.59. The fourth-order valence-corrected chi connectivity index (χ4v) is 3.33. The van der Waals surface area contributed by atoms with E-state index in [0.717, 1.165) is 31.6 Å². The average Bonchev–Trinajstić information content (AvgIpc) is 2.77. The molecular weight excluding hydrogens is 220 g/mol. The summed E-state index contributed by atoms with van der Waals surface area (Å²) in [6.45, 7) is 3.73. The van der Waals surface area contributed by atoms with Crippen LogP contribution in [-0.2, 0) is 6.54 Å². The van der Waals surface area contributed by atoms with E-state index in [-0.39, 0.29) is 0 Å². The van der Waals surface area contributed by atoms with Crippen LogP contribution in [0.15, 0.2) is 5.51 Å². The highest BCUT2D eigenvalue weighted by Gasteiger charge is 2.32. The molecule has 0 radical (unpaired) electrons. The molecule has 1 N–H and O–H groups in total. The zero-order chi connectivity index (χ0) is 11.6. The highest BCUT2D eigenvalue weighted by Crippen LogP contribution is 2.30. The van der Waals surface area contributed by atoms with Crippen molar-refractivity contribution < 1.29 is 5.11 Å². The Hall–Kier alpha value is -0.450. The van der Waals surface area contributed by atoms with E-state index in [9.17, 15) is 5.11 Å². The number of thiazole rings is 1. The fourth-order valence-electron chi connectivity index (χ4n) is 2.47. The molecule has 1 aliphatic rings. The Kier molecular flexibility index (Phi) is 3.62. The van der Waals surface area contributed by atoms with Crippen molar-refractivity contribution >= 4 is 11.3 Å². The van der Waals surface area contributed by atoms with Crippen molar-refractivity contribution in [1.82, 2.24) is 9.88 Å². The zero-order valence-corrected chi connectivity index (χ0v) is 10.9. The summed E-state index contributed by atoms with van der Waals surface area (Å²) in [5.74, 6) is 0. The van der Waals surface area contributed by atoms with Gasteiger partial charge in [0.2, 0.25) is 0 Å². The van der Waals surface area contributed by atoms with Crippen LogP contribution in [-0.4, -0.2) is 34.2 Å². The van der Waals surface area contributed by atoms with E-state index in [4.69, 9.17) is 0 Å². The van der Waals surface area contributed by atoms with E-state index in [1.807, 2.05) is 12.4 Å². The van der Waals surface area contributed by atoms with Gasteiger partial charge in [-0.05, 0) is 26.8 Å². The van der Waals surface area contributed by atoms with Crippen LogP contribution in [0.2, 0.25) is 0 Å². The van der Waals surface area contributed by atoms with Gasteiger partial charge in [-0.25, -0.2) is 4.98 Å². The Bertz CT molecular complexity index is 345. The molecule has 0 atom stereocenters. The molecule has 0 bridgehead atoms. The quantitative estimate of drug-likeness (QED) is 0.876. The van der Waals surface area contributed by atoms with Crippen molar-refractivity contribution in [2.24, 2.45) is 0 Å². The van der Waals surface area contributed by atoms with Crippen molar-refractivity contribution in [3.8, 4) is 0 Å². The van der Waals surface area contributed by atoms with Crippen molar-refractivity contribution in [2.45, 2.75) is 44.8 Å². The van der Waals surface area contributed by atoms with Crippen molar-refractivity contribution in [2.75, 3.05) is 13.6 Å². The highest BCUT2D eigenvalue weighted by atomic mass is 32.1.